The molecular weight excluding hydrogens is 166 g/mol. The van der Waals surface area contributed by atoms with Gasteiger partial charge in [0.05, 0.1) is 5.75 Å². The van der Waals surface area contributed by atoms with Crippen molar-refractivity contribution in [3.8, 4) is 0 Å². The van der Waals surface area contributed by atoms with E-state index in [2.05, 4.69) is 10.0 Å². The van der Waals surface area contributed by atoms with Crippen LogP contribution in [0.25, 0.3) is 10.4 Å². The fourth-order valence-electron chi connectivity index (χ4n) is 0.442. The lowest BCUT2D eigenvalue weighted by atomic mass is 10.5. The molecule has 0 aromatic heterocycles. The number of hydrogen-bond acceptors (Lipinski definition) is 3. The van der Waals surface area contributed by atoms with Gasteiger partial charge in [0.15, 0.2) is 0 Å². The minimum atomic E-state index is -0.807. The summed E-state index contributed by atoms with van der Waals surface area (Å²) in [6.07, 6.45) is 0.738. The third-order valence-corrected chi connectivity index (χ3v) is 1.86. The first kappa shape index (κ1) is 10.1. The Morgan fingerprint density at radius 2 is 2.45 bits per heavy atom. The van der Waals surface area contributed by atoms with E-state index < -0.39 is 5.97 Å². The molecule has 1 N–H and O–H groups in total. The molecule has 5 nitrogen and oxygen atoms in total. The molecule has 11 heavy (non-hydrogen) atoms. The zero-order valence-corrected chi connectivity index (χ0v) is 6.75. The van der Waals surface area contributed by atoms with Gasteiger partial charge >= 0.3 is 5.97 Å². The van der Waals surface area contributed by atoms with Crippen LogP contribution in [0.2, 0.25) is 0 Å². The normalized spacial score (nSPS) is 8.73. The molecule has 0 bridgehead atoms. The predicted molar refractivity (Wildman–Crippen MR) is 43.6 cm³/mol. The van der Waals surface area contributed by atoms with Crippen molar-refractivity contribution in [3.63, 3.8) is 0 Å². The highest BCUT2D eigenvalue weighted by atomic mass is 32.2. The van der Waals surface area contributed by atoms with Crippen LogP contribution in [0.3, 0.4) is 0 Å². The molecule has 0 unspecified atom stereocenters. The van der Waals surface area contributed by atoms with E-state index >= 15 is 0 Å². The minimum absolute atomic E-state index is 0.121. The van der Waals surface area contributed by atoms with Crippen molar-refractivity contribution < 1.29 is 9.90 Å². The number of hydrogen-bond donors (Lipinski definition) is 1. The average Bonchev–Trinajstić information content (AvgIpc) is 1.96. The van der Waals surface area contributed by atoms with Crippen molar-refractivity contribution in [2.45, 2.75) is 6.42 Å². The first-order valence-corrected chi connectivity index (χ1v) is 4.23. The quantitative estimate of drug-likeness (QED) is 0.287. The maximum Gasteiger partial charge on any atom is 0.313 e. The minimum Gasteiger partial charge on any atom is -0.481 e. The van der Waals surface area contributed by atoms with Crippen LogP contribution >= 0.6 is 11.8 Å². The van der Waals surface area contributed by atoms with Gasteiger partial charge in [0, 0.05) is 11.5 Å². The molecule has 62 valence electrons. The largest absolute Gasteiger partial charge is 0.481 e. The van der Waals surface area contributed by atoms with Gasteiger partial charge in [-0.15, -0.1) is 0 Å². The maximum absolute atomic E-state index is 9.99. The average molecular weight is 175 g/mol. The Kier molecular flexibility index (Phi) is 6.67. The monoisotopic (exact) mass is 175 g/mol. The molecule has 0 aliphatic heterocycles. The molecule has 6 heteroatoms. The molecule has 0 radical (unpaired) electrons. The molecule has 0 rings (SSSR count). The van der Waals surface area contributed by atoms with E-state index in [1.807, 2.05) is 0 Å². The number of nitrogens with zero attached hydrogens (tertiary/aromatic N) is 3. The topological polar surface area (TPSA) is 86.1 Å². The van der Waals surface area contributed by atoms with Crippen LogP contribution in [0.1, 0.15) is 6.42 Å². The summed E-state index contributed by atoms with van der Waals surface area (Å²) in [5.74, 6) is 0.0421. The van der Waals surface area contributed by atoms with E-state index in [4.69, 9.17) is 10.6 Å². The van der Waals surface area contributed by atoms with Crippen LogP contribution in [0.5, 0.6) is 0 Å². The summed E-state index contributed by atoms with van der Waals surface area (Å²) in [6.45, 7) is 0.448. The van der Waals surface area contributed by atoms with Gasteiger partial charge in [-0.3, -0.25) is 4.79 Å². The van der Waals surface area contributed by atoms with Crippen LogP contribution in [0.15, 0.2) is 5.11 Å². The van der Waals surface area contributed by atoms with E-state index in [0.29, 0.717) is 6.54 Å². The number of carbonyl (C=O) groups is 1. The van der Waals surface area contributed by atoms with Crippen LogP contribution in [-0.4, -0.2) is 29.1 Å². The maximum atomic E-state index is 9.99. The van der Waals surface area contributed by atoms with Gasteiger partial charge in [-0.1, -0.05) is 5.11 Å². The highest BCUT2D eigenvalue weighted by Gasteiger charge is 1.94. The van der Waals surface area contributed by atoms with Gasteiger partial charge in [0.2, 0.25) is 0 Å². The Labute approximate surface area is 68.4 Å². The lowest BCUT2D eigenvalue weighted by Crippen LogP contribution is -1.98. The van der Waals surface area contributed by atoms with Gasteiger partial charge in [0.1, 0.15) is 0 Å². The lowest BCUT2D eigenvalue weighted by Gasteiger charge is -1.93. The van der Waals surface area contributed by atoms with Gasteiger partial charge in [-0.05, 0) is 17.7 Å². The van der Waals surface area contributed by atoms with Gasteiger partial charge in [-0.25, -0.2) is 0 Å². The Balaban J connectivity index is 3.02. The number of aliphatic carboxylic acids is 1. The van der Waals surface area contributed by atoms with Crippen molar-refractivity contribution >= 4 is 17.7 Å². The number of carboxylic acids is 1. The summed E-state index contributed by atoms with van der Waals surface area (Å²) in [7, 11) is 0. The number of carboxylic acid groups (broad SMARTS) is 1. The first-order valence-electron chi connectivity index (χ1n) is 3.07. The van der Waals surface area contributed by atoms with Crippen LogP contribution in [0.4, 0.5) is 0 Å². The summed E-state index contributed by atoms with van der Waals surface area (Å²) < 4.78 is 0. The van der Waals surface area contributed by atoms with Crippen molar-refractivity contribution in [3.05, 3.63) is 10.4 Å². The highest BCUT2D eigenvalue weighted by molar-refractivity contribution is 7.99. The molecule has 0 spiro atoms. The van der Waals surface area contributed by atoms with Crippen molar-refractivity contribution in [2.75, 3.05) is 18.1 Å². The molecule has 0 saturated carbocycles. The van der Waals surface area contributed by atoms with Gasteiger partial charge < -0.3 is 5.11 Å². The highest BCUT2D eigenvalue weighted by Crippen LogP contribution is 2.01. The summed E-state index contributed by atoms with van der Waals surface area (Å²) >= 11 is 1.33. The van der Waals surface area contributed by atoms with E-state index in [1.54, 1.807) is 0 Å². The molecular formula is C5H9N3O2S. The van der Waals surface area contributed by atoms with Crippen LogP contribution in [-0.2, 0) is 4.79 Å². The standard InChI is InChI=1S/C5H9N3O2S/c6-8-7-2-1-3-11-4-5(9)10/h1-4H2,(H,9,10). The number of azide groups is 1. The van der Waals surface area contributed by atoms with Crippen LogP contribution in [0, 0.1) is 0 Å². The summed E-state index contributed by atoms with van der Waals surface area (Å²) in [5.41, 5.74) is 7.87. The van der Waals surface area contributed by atoms with E-state index in [-0.39, 0.29) is 5.75 Å². The first-order chi connectivity index (χ1) is 5.27. The van der Waals surface area contributed by atoms with Gasteiger partial charge in [-0.2, -0.15) is 11.8 Å². The second-order valence-corrected chi connectivity index (χ2v) is 2.86. The van der Waals surface area contributed by atoms with Crippen molar-refractivity contribution in [1.82, 2.24) is 0 Å². The number of rotatable bonds is 6. The van der Waals surface area contributed by atoms with Crippen molar-refractivity contribution in [2.24, 2.45) is 5.11 Å². The van der Waals surface area contributed by atoms with Gasteiger partial charge in [0.25, 0.3) is 0 Å². The second kappa shape index (κ2) is 7.24. The molecule has 0 atom stereocenters. The molecule has 0 heterocycles. The molecule has 0 fully saturated rings. The lowest BCUT2D eigenvalue weighted by molar-refractivity contribution is -0.133. The molecule has 0 saturated heterocycles. The Morgan fingerprint density at radius 3 is 3.00 bits per heavy atom. The summed E-state index contributed by atoms with van der Waals surface area (Å²) in [6, 6.07) is 0. The van der Waals surface area contributed by atoms with E-state index in [0.717, 1.165) is 12.2 Å². The van der Waals surface area contributed by atoms with Crippen LogP contribution < -0.4 is 0 Å². The summed E-state index contributed by atoms with van der Waals surface area (Å²) in [5, 5.41) is 11.5. The fourth-order valence-corrected chi connectivity index (χ4v) is 1.09. The molecule has 0 aliphatic carbocycles. The molecule has 0 amide bonds. The Hall–Kier alpha value is -0.870. The SMILES string of the molecule is [N-]=[N+]=NCCCSCC(=O)O. The number of thioether (sulfide) groups is 1. The smallest absolute Gasteiger partial charge is 0.313 e. The zero-order valence-electron chi connectivity index (χ0n) is 5.93. The third kappa shape index (κ3) is 9.13. The third-order valence-electron chi connectivity index (χ3n) is 0.836. The second-order valence-electron chi connectivity index (χ2n) is 1.75. The summed E-state index contributed by atoms with van der Waals surface area (Å²) in [4.78, 5) is 12.6. The molecule has 0 aromatic carbocycles. The Morgan fingerprint density at radius 1 is 1.73 bits per heavy atom. The zero-order chi connectivity index (χ0) is 8.53. The fraction of sp³-hybridized carbons (Fsp3) is 0.800. The van der Waals surface area contributed by atoms with Crippen molar-refractivity contribution in [1.29, 1.82) is 0 Å². The molecule has 0 aromatic rings. The Bertz CT molecular complexity index is 163. The molecule has 0 aliphatic rings. The van der Waals surface area contributed by atoms with E-state index in [1.165, 1.54) is 11.8 Å². The predicted octanol–water partition coefficient (Wildman–Crippen LogP) is 1.50. The van der Waals surface area contributed by atoms with E-state index in [9.17, 15) is 4.79 Å².